The van der Waals surface area contributed by atoms with Crippen molar-refractivity contribution in [3.8, 4) is 17.2 Å². The summed E-state index contributed by atoms with van der Waals surface area (Å²) >= 11 is 0. The van der Waals surface area contributed by atoms with E-state index in [1.165, 1.54) is 32.1 Å². The lowest BCUT2D eigenvalue weighted by Gasteiger charge is -2.09. The van der Waals surface area contributed by atoms with E-state index in [-0.39, 0.29) is 12.4 Å². The van der Waals surface area contributed by atoms with E-state index in [2.05, 4.69) is 6.92 Å². The number of carbonyl (C=O) groups excluding carboxylic acids is 2. The van der Waals surface area contributed by atoms with Crippen molar-refractivity contribution in [3.05, 3.63) is 54.1 Å². The molecule has 0 unspecified atom stereocenters. The van der Waals surface area contributed by atoms with Gasteiger partial charge in [-0.25, -0.2) is 4.79 Å². The molecule has 0 aromatic heterocycles. The van der Waals surface area contributed by atoms with Crippen molar-refractivity contribution < 1.29 is 23.8 Å². The molecule has 0 atom stereocenters. The van der Waals surface area contributed by atoms with Crippen molar-refractivity contribution in [1.82, 2.24) is 0 Å². The highest BCUT2D eigenvalue weighted by Gasteiger charge is 2.08. The fourth-order valence-electron chi connectivity index (χ4n) is 2.92. The number of ketones is 1. The van der Waals surface area contributed by atoms with E-state index in [1.54, 1.807) is 36.4 Å². The number of benzene rings is 2. The molecule has 0 saturated carbocycles. The summed E-state index contributed by atoms with van der Waals surface area (Å²) in [6, 6.07) is 13.7. The molecule has 0 spiro atoms. The van der Waals surface area contributed by atoms with Gasteiger partial charge in [0.15, 0.2) is 12.4 Å². The maximum Gasteiger partial charge on any atom is 0.349 e. The molecule has 2 rings (SSSR count). The minimum atomic E-state index is -0.507. The van der Waals surface area contributed by atoms with Crippen molar-refractivity contribution in [3.63, 3.8) is 0 Å². The van der Waals surface area contributed by atoms with Gasteiger partial charge in [-0.05, 0) is 55.0 Å². The van der Waals surface area contributed by atoms with Gasteiger partial charge in [0, 0.05) is 12.0 Å². The van der Waals surface area contributed by atoms with Crippen LogP contribution in [0.15, 0.2) is 48.5 Å². The largest absolute Gasteiger partial charge is 0.494 e. The van der Waals surface area contributed by atoms with E-state index in [9.17, 15) is 9.59 Å². The molecule has 0 fully saturated rings. The zero-order valence-electron chi connectivity index (χ0n) is 18.0. The third-order valence-corrected chi connectivity index (χ3v) is 4.68. The molecule has 0 bridgehead atoms. The molecule has 2 aromatic rings. The van der Waals surface area contributed by atoms with E-state index in [1.807, 2.05) is 19.1 Å². The summed E-state index contributed by atoms with van der Waals surface area (Å²) in [5.74, 6) is 1.29. The number of unbranched alkanes of at least 4 members (excludes halogenated alkanes) is 5. The lowest BCUT2D eigenvalue weighted by Crippen LogP contribution is -2.17. The van der Waals surface area contributed by atoms with Crippen molar-refractivity contribution in [2.45, 2.75) is 58.8 Å². The Bertz CT molecular complexity index is 765. The van der Waals surface area contributed by atoms with Crippen LogP contribution in [0.2, 0.25) is 0 Å². The quantitative estimate of drug-likeness (QED) is 0.165. The molecule has 0 aliphatic rings. The predicted octanol–water partition coefficient (Wildman–Crippen LogP) is 6.00. The summed E-state index contributed by atoms with van der Waals surface area (Å²) in [4.78, 5) is 23.6. The van der Waals surface area contributed by atoms with Crippen LogP contribution in [0.5, 0.6) is 17.2 Å². The van der Waals surface area contributed by atoms with Gasteiger partial charge in [-0.15, -0.1) is 0 Å². The predicted molar refractivity (Wildman–Crippen MR) is 118 cm³/mol. The van der Waals surface area contributed by atoms with Crippen molar-refractivity contribution >= 4 is 11.8 Å². The molecular weight excluding hydrogens is 380 g/mol. The van der Waals surface area contributed by atoms with Gasteiger partial charge in [0.25, 0.3) is 0 Å². The number of hydrogen-bond donors (Lipinski definition) is 0. The number of rotatable bonds is 14. The molecule has 0 saturated heterocycles. The summed E-state index contributed by atoms with van der Waals surface area (Å²) < 4.78 is 16.4. The first kappa shape index (κ1) is 23.5. The van der Waals surface area contributed by atoms with Crippen LogP contribution in [-0.2, 0) is 4.79 Å². The second kappa shape index (κ2) is 13.4. The second-order valence-corrected chi connectivity index (χ2v) is 7.15. The van der Waals surface area contributed by atoms with Crippen LogP contribution in [0.4, 0.5) is 0 Å². The van der Waals surface area contributed by atoms with Gasteiger partial charge in [0.1, 0.15) is 17.2 Å². The van der Waals surface area contributed by atoms with E-state index in [0.29, 0.717) is 30.1 Å². The molecule has 0 N–H and O–H groups in total. The Labute approximate surface area is 179 Å². The molecular formula is C25H32O5. The van der Waals surface area contributed by atoms with Crippen LogP contribution in [0, 0.1) is 0 Å². The monoisotopic (exact) mass is 412 g/mol. The molecule has 5 heteroatoms. The molecule has 162 valence electrons. The van der Waals surface area contributed by atoms with Crippen LogP contribution < -0.4 is 14.2 Å². The molecule has 5 nitrogen and oxygen atoms in total. The van der Waals surface area contributed by atoms with Gasteiger partial charge in [-0.3, -0.25) is 4.79 Å². The van der Waals surface area contributed by atoms with Gasteiger partial charge in [-0.1, -0.05) is 46.0 Å². The smallest absolute Gasteiger partial charge is 0.349 e. The molecule has 0 radical (unpaired) electrons. The van der Waals surface area contributed by atoms with Crippen molar-refractivity contribution in [1.29, 1.82) is 0 Å². The number of esters is 1. The lowest BCUT2D eigenvalue weighted by molar-refractivity contribution is -0.136. The number of Topliss-reactive ketones (excluding diaryl/α,β-unsaturated/α-hetero) is 1. The molecule has 2 aromatic carbocycles. The molecule has 30 heavy (non-hydrogen) atoms. The Morgan fingerprint density at radius 1 is 0.700 bits per heavy atom. The van der Waals surface area contributed by atoms with Crippen LogP contribution >= 0.6 is 0 Å². The SMILES string of the molecule is CCCCCCCCOc1ccc(OCC(=O)Oc2ccc(C(=O)CC)cc2)cc1. The summed E-state index contributed by atoms with van der Waals surface area (Å²) in [5, 5.41) is 0. The fraction of sp³-hybridized carbons (Fsp3) is 0.440. The van der Waals surface area contributed by atoms with Crippen LogP contribution in [0.1, 0.15) is 69.2 Å². The average Bonchev–Trinajstić information content (AvgIpc) is 2.78. The highest BCUT2D eigenvalue weighted by atomic mass is 16.6. The molecule has 0 amide bonds. The first-order valence-electron chi connectivity index (χ1n) is 10.8. The van der Waals surface area contributed by atoms with Gasteiger partial charge < -0.3 is 14.2 Å². The zero-order valence-corrected chi connectivity index (χ0v) is 18.0. The minimum absolute atomic E-state index is 0.0515. The van der Waals surface area contributed by atoms with Crippen LogP contribution in [0.25, 0.3) is 0 Å². The summed E-state index contributed by atoms with van der Waals surface area (Å²) in [7, 11) is 0. The fourth-order valence-corrected chi connectivity index (χ4v) is 2.92. The Balaban J connectivity index is 1.66. The topological polar surface area (TPSA) is 61.8 Å². The van der Waals surface area contributed by atoms with Gasteiger partial charge in [-0.2, -0.15) is 0 Å². The average molecular weight is 413 g/mol. The number of carbonyl (C=O) groups is 2. The summed E-state index contributed by atoms with van der Waals surface area (Å²) in [6.45, 7) is 4.53. The van der Waals surface area contributed by atoms with Crippen molar-refractivity contribution in [2.75, 3.05) is 13.2 Å². The Morgan fingerprint density at radius 3 is 1.90 bits per heavy atom. The third kappa shape index (κ3) is 8.68. The summed E-state index contributed by atoms with van der Waals surface area (Å²) in [5.41, 5.74) is 0.604. The molecule has 0 aliphatic carbocycles. The number of ether oxygens (including phenoxy) is 3. The van der Waals surface area contributed by atoms with E-state index < -0.39 is 5.97 Å². The molecule has 0 aliphatic heterocycles. The van der Waals surface area contributed by atoms with Crippen molar-refractivity contribution in [2.24, 2.45) is 0 Å². The standard InChI is InChI=1S/C25H32O5/c1-3-5-6-7-8-9-18-28-21-14-16-22(17-15-21)29-19-25(27)30-23-12-10-20(11-13-23)24(26)4-2/h10-17H,3-9,18-19H2,1-2H3. The first-order valence-corrected chi connectivity index (χ1v) is 10.8. The highest BCUT2D eigenvalue weighted by molar-refractivity contribution is 5.95. The number of hydrogen-bond acceptors (Lipinski definition) is 5. The third-order valence-electron chi connectivity index (χ3n) is 4.68. The van der Waals surface area contributed by atoms with E-state index in [0.717, 1.165) is 12.2 Å². The lowest BCUT2D eigenvalue weighted by atomic mass is 10.1. The molecule has 0 heterocycles. The van der Waals surface area contributed by atoms with Gasteiger partial charge in [0.2, 0.25) is 0 Å². The van der Waals surface area contributed by atoms with Gasteiger partial charge in [0.05, 0.1) is 6.61 Å². The van der Waals surface area contributed by atoms with E-state index in [4.69, 9.17) is 14.2 Å². The normalized spacial score (nSPS) is 10.5. The van der Waals surface area contributed by atoms with Crippen LogP contribution in [-0.4, -0.2) is 25.0 Å². The Morgan fingerprint density at radius 2 is 1.27 bits per heavy atom. The van der Waals surface area contributed by atoms with Crippen LogP contribution in [0.3, 0.4) is 0 Å². The Kier molecular flexibility index (Phi) is 10.5. The highest BCUT2D eigenvalue weighted by Crippen LogP contribution is 2.19. The summed E-state index contributed by atoms with van der Waals surface area (Å²) in [6.07, 6.45) is 7.83. The second-order valence-electron chi connectivity index (χ2n) is 7.15. The van der Waals surface area contributed by atoms with E-state index >= 15 is 0 Å². The first-order chi connectivity index (χ1) is 14.6. The Hall–Kier alpha value is -2.82. The zero-order chi connectivity index (χ0) is 21.6. The maximum absolute atomic E-state index is 12.0. The maximum atomic E-state index is 12.0. The van der Waals surface area contributed by atoms with Gasteiger partial charge >= 0.3 is 5.97 Å². The minimum Gasteiger partial charge on any atom is -0.494 e.